The Morgan fingerprint density at radius 3 is 1.57 bits per heavy atom. The van der Waals surface area contributed by atoms with Gasteiger partial charge in [-0.05, 0) is 77.5 Å². The quantitative estimate of drug-likeness (QED) is 0.192. The van der Waals surface area contributed by atoms with Crippen LogP contribution in [0.15, 0.2) is 91.0 Å². The van der Waals surface area contributed by atoms with Gasteiger partial charge >= 0.3 is 18.2 Å². The van der Waals surface area contributed by atoms with Gasteiger partial charge in [-0.25, -0.2) is 14.4 Å². The molecule has 0 spiro atoms. The number of amides is 3. The third kappa shape index (κ3) is 10.3. The van der Waals surface area contributed by atoms with E-state index in [1.54, 1.807) is 41.5 Å². The molecular formula is C41H51N3O7. The molecule has 0 radical (unpaired) electrons. The standard InChI is InChI=1S/C41H51N3O7/c1-40(2,3)50-38(47)43-25-31(29-18-12-8-13-19-29)23-34(43)36(45)42-33(22-28-16-10-7-11-17-28)27-49-37(46)35-24-32(30-20-14-9-15-21-30)26-44(35)39(48)51-41(4,5)6/h7-21,31-35H,22-27H2,1-6H3,(H,42,45)/t31-,32-,33?,34-,35-/m0/s1. The van der Waals surface area contributed by atoms with E-state index in [0.29, 0.717) is 32.4 Å². The maximum atomic E-state index is 14.1. The Morgan fingerprint density at radius 2 is 1.10 bits per heavy atom. The van der Waals surface area contributed by atoms with Crippen LogP contribution in [0.5, 0.6) is 0 Å². The molecule has 0 saturated carbocycles. The monoisotopic (exact) mass is 697 g/mol. The van der Waals surface area contributed by atoms with Crippen molar-refractivity contribution < 1.29 is 33.4 Å². The number of carbonyl (C=O) groups is 4. The zero-order valence-corrected chi connectivity index (χ0v) is 30.5. The molecule has 10 nitrogen and oxygen atoms in total. The van der Waals surface area contributed by atoms with Crippen molar-refractivity contribution in [3.8, 4) is 0 Å². The van der Waals surface area contributed by atoms with Crippen molar-refractivity contribution in [2.45, 2.75) is 102 Å². The zero-order valence-electron chi connectivity index (χ0n) is 30.5. The fraction of sp³-hybridized carbons (Fsp3) is 0.463. The summed E-state index contributed by atoms with van der Waals surface area (Å²) in [6.07, 6.45) is 0.0533. The molecule has 5 rings (SSSR count). The molecule has 3 amide bonds. The molecule has 2 aliphatic heterocycles. The van der Waals surface area contributed by atoms with Gasteiger partial charge in [-0.15, -0.1) is 0 Å². The molecule has 0 bridgehead atoms. The molecule has 10 heteroatoms. The number of nitrogens with one attached hydrogen (secondary N) is 1. The average Bonchev–Trinajstić information content (AvgIpc) is 3.74. The van der Waals surface area contributed by atoms with Gasteiger partial charge in [0.25, 0.3) is 0 Å². The number of ether oxygens (including phenoxy) is 3. The molecule has 1 unspecified atom stereocenters. The predicted molar refractivity (Wildman–Crippen MR) is 194 cm³/mol. The molecule has 1 N–H and O–H groups in total. The topological polar surface area (TPSA) is 114 Å². The van der Waals surface area contributed by atoms with E-state index in [-0.39, 0.29) is 24.3 Å². The summed E-state index contributed by atoms with van der Waals surface area (Å²) in [6.45, 7) is 11.3. The first kappa shape index (κ1) is 37.4. The van der Waals surface area contributed by atoms with Gasteiger partial charge in [-0.1, -0.05) is 91.0 Å². The maximum absolute atomic E-state index is 14.1. The molecule has 2 aliphatic rings. The summed E-state index contributed by atoms with van der Waals surface area (Å²) >= 11 is 0. The molecule has 0 aliphatic carbocycles. The lowest BCUT2D eigenvalue weighted by atomic mass is 9.96. The van der Waals surface area contributed by atoms with Crippen LogP contribution in [-0.4, -0.2) is 82.9 Å². The molecule has 51 heavy (non-hydrogen) atoms. The van der Waals surface area contributed by atoms with E-state index in [1.165, 1.54) is 9.80 Å². The molecule has 272 valence electrons. The van der Waals surface area contributed by atoms with Crippen LogP contribution in [0.3, 0.4) is 0 Å². The van der Waals surface area contributed by atoms with E-state index in [9.17, 15) is 19.2 Å². The first-order valence-electron chi connectivity index (χ1n) is 17.8. The number of hydrogen-bond donors (Lipinski definition) is 1. The highest BCUT2D eigenvalue weighted by Crippen LogP contribution is 2.35. The second-order valence-electron chi connectivity index (χ2n) is 15.5. The summed E-state index contributed by atoms with van der Waals surface area (Å²) in [6, 6.07) is 27.0. The Hall–Kier alpha value is -4.86. The minimum atomic E-state index is -0.859. The van der Waals surface area contributed by atoms with Crippen molar-refractivity contribution >= 4 is 24.1 Å². The number of likely N-dealkylation sites (tertiary alicyclic amines) is 2. The normalized spacial score (nSPS) is 21.1. The second kappa shape index (κ2) is 16.0. The van der Waals surface area contributed by atoms with Crippen LogP contribution >= 0.6 is 0 Å². The van der Waals surface area contributed by atoms with Gasteiger partial charge in [0.05, 0.1) is 6.04 Å². The lowest BCUT2D eigenvalue weighted by Crippen LogP contribution is -2.51. The summed E-state index contributed by atoms with van der Waals surface area (Å²) < 4.78 is 17.3. The zero-order chi connectivity index (χ0) is 36.8. The van der Waals surface area contributed by atoms with E-state index >= 15 is 0 Å². The summed E-state index contributed by atoms with van der Waals surface area (Å²) in [5, 5.41) is 3.10. The van der Waals surface area contributed by atoms with Crippen LogP contribution in [0.1, 0.15) is 82.9 Å². The first-order chi connectivity index (χ1) is 24.2. The third-order valence-corrected chi connectivity index (χ3v) is 9.07. The highest BCUT2D eigenvalue weighted by molar-refractivity contribution is 5.87. The van der Waals surface area contributed by atoms with Crippen molar-refractivity contribution in [1.82, 2.24) is 15.1 Å². The minimum absolute atomic E-state index is 0.0568. The summed E-state index contributed by atoms with van der Waals surface area (Å²) in [7, 11) is 0. The van der Waals surface area contributed by atoms with E-state index in [4.69, 9.17) is 14.2 Å². The van der Waals surface area contributed by atoms with Crippen LogP contribution in [0.25, 0.3) is 0 Å². The van der Waals surface area contributed by atoms with Gasteiger partial charge in [-0.2, -0.15) is 0 Å². The fourth-order valence-corrected chi connectivity index (χ4v) is 6.75. The van der Waals surface area contributed by atoms with Gasteiger partial charge in [0.15, 0.2) is 0 Å². The molecule has 2 heterocycles. The van der Waals surface area contributed by atoms with Gasteiger partial charge in [0.2, 0.25) is 5.91 Å². The number of carbonyl (C=O) groups excluding carboxylic acids is 4. The molecule has 3 aromatic carbocycles. The molecule has 0 aromatic heterocycles. The highest BCUT2D eigenvalue weighted by atomic mass is 16.6. The Labute approximate surface area is 301 Å². The summed E-state index contributed by atoms with van der Waals surface area (Å²) in [4.78, 5) is 57.6. The Kier molecular flexibility index (Phi) is 11.7. The van der Waals surface area contributed by atoms with E-state index in [1.807, 2.05) is 91.0 Å². The maximum Gasteiger partial charge on any atom is 0.411 e. The van der Waals surface area contributed by atoms with Crippen molar-refractivity contribution in [1.29, 1.82) is 0 Å². The summed E-state index contributed by atoms with van der Waals surface area (Å²) in [5.41, 5.74) is 1.53. The molecule has 5 atom stereocenters. The van der Waals surface area contributed by atoms with Gasteiger partial charge in [-0.3, -0.25) is 14.6 Å². The lowest BCUT2D eigenvalue weighted by Gasteiger charge is -2.30. The van der Waals surface area contributed by atoms with Crippen molar-refractivity contribution in [2.75, 3.05) is 19.7 Å². The number of hydrogen-bond acceptors (Lipinski definition) is 7. The van der Waals surface area contributed by atoms with Crippen LogP contribution < -0.4 is 5.32 Å². The van der Waals surface area contributed by atoms with Crippen LogP contribution in [0.4, 0.5) is 9.59 Å². The van der Waals surface area contributed by atoms with Gasteiger partial charge in [0.1, 0.15) is 29.9 Å². The average molecular weight is 698 g/mol. The lowest BCUT2D eigenvalue weighted by molar-refractivity contribution is -0.150. The van der Waals surface area contributed by atoms with E-state index < -0.39 is 47.5 Å². The molecule has 2 fully saturated rings. The Bertz CT molecular complexity index is 1640. The molecule has 3 aromatic rings. The van der Waals surface area contributed by atoms with E-state index in [2.05, 4.69) is 5.32 Å². The van der Waals surface area contributed by atoms with Crippen molar-refractivity contribution in [3.63, 3.8) is 0 Å². The van der Waals surface area contributed by atoms with E-state index in [0.717, 1.165) is 16.7 Å². The Morgan fingerprint density at radius 1 is 0.667 bits per heavy atom. The minimum Gasteiger partial charge on any atom is -0.462 e. The van der Waals surface area contributed by atoms with Crippen LogP contribution in [0, 0.1) is 0 Å². The molecular weight excluding hydrogens is 646 g/mol. The largest absolute Gasteiger partial charge is 0.462 e. The second-order valence-corrected chi connectivity index (χ2v) is 15.5. The Balaban J connectivity index is 1.34. The fourth-order valence-electron chi connectivity index (χ4n) is 6.75. The van der Waals surface area contributed by atoms with Crippen molar-refractivity contribution in [2.24, 2.45) is 0 Å². The van der Waals surface area contributed by atoms with Gasteiger partial charge in [0, 0.05) is 24.9 Å². The van der Waals surface area contributed by atoms with Crippen molar-refractivity contribution in [3.05, 3.63) is 108 Å². The van der Waals surface area contributed by atoms with Crippen LogP contribution in [-0.2, 0) is 30.2 Å². The highest BCUT2D eigenvalue weighted by Gasteiger charge is 2.44. The molecule has 2 saturated heterocycles. The third-order valence-electron chi connectivity index (χ3n) is 9.07. The number of nitrogens with zero attached hydrogens (tertiary/aromatic N) is 2. The van der Waals surface area contributed by atoms with Gasteiger partial charge < -0.3 is 19.5 Å². The number of esters is 1. The summed E-state index contributed by atoms with van der Waals surface area (Å²) in [5.74, 6) is -1.04. The number of benzene rings is 3. The first-order valence-corrected chi connectivity index (χ1v) is 17.8. The SMILES string of the molecule is CC(C)(C)OC(=O)N1C[C@@H](c2ccccc2)C[C@H]1C(=O)NC(COC(=O)[C@@H]1C[C@H](c2ccccc2)CN1C(=O)OC(C)(C)C)Cc1ccccc1. The number of rotatable bonds is 9. The predicted octanol–water partition coefficient (Wildman–Crippen LogP) is 6.84. The van der Waals surface area contributed by atoms with Crippen LogP contribution in [0.2, 0.25) is 0 Å². The smallest absolute Gasteiger partial charge is 0.411 e.